The molecule has 0 aliphatic carbocycles. The summed E-state index contributed by atoms with van der Waals surface area (Å²) in [6.45, 7) is 0. The lowest BCUT2D eigenvalue weighted by Gasteiger charge is -2.19. The van der Waals surface area contributed by atoms with Crippen LogP contribution < -0.4 is 0 Å². The van der Waals surface area contributed by atoms with Crippen LogP contribution in [-0.2, 0) is 0 Å². The maximum atomic E-state index is 5.52. The Balaban J connectivity index is 1.09. The fourth-order valence-corrected chi connectivity index (χ4v) is 10.7. The van der Waals surface area contributed by atoms with Gasteiger partial charge in [0.15, 0.2) is 17.5 Å². The molecule has 5 nitrogen and oxygen atoms in total. The van der Waals surface area contributed by atoms with Crippen LogP contribution in [0, 0.1) is 0 Å². The minimum atomic E-state index is 0.609. The molecule has 0 N–H and O–H groups in total. The first-order valence-electron chi connectivity index (χ1n) is 23.1. The van der Waals surface area contributed by atoms with Crippen molar-refractivity contribution in [2.75, 3.05) is 0 Å². The highest BCUT2D eigenvalue weighted by molar-refractivity contribution is 6.22. The number of nitrogens with zero attached hydrogens (tertiary/aromatic N) is 5. The van der Waals surface area contributed by atoms with E-state index in [1.807, 2.05) is 18.2 Å². The summed E-state index contributed by atoms with van der Waals surface area (Å²) in [5.74, 6) is 1.84. The molecule has 3 heterocycles. The summed E-state index contributed by atoms with van der Waals surface area (Å²) in [6.07, 6.45) is 0. The molecular weight excluding hydrogens is 827 g/mol. The molecule has 0 aliphatic heterocycles. The van der Waals surface area contributed by atoms with Crippen LogP contribution in [0.2, 0.25) is 0 Å². The van der Waals surface area contributed by atoms with Crippen molar-refractivity contribution in [3.8, 4) is 56.7 Å². The van der Waals surface area contributed by atoms with Crippen molar-refractivity contribution in [1.29, 1.82) is 0 Å². The Morgan fingerprint density at radius 1 is 0.279 bits per heavy atom. The molecule has 0 aliphatic rings. The Hall–Kier alpha value is -9.19. The van der Waals surface area contributed by atoms with E-state index < -0.39 is 0 Å². The highest BCUT2D eigenvalue weighted by Crippen LogP contribution is 2.45. The van der Waals surface area contributed by atoms with E-state index >= 15 is 0 Å². The molecule has 316 valence electrons. The van der Waals surface area contributed by atoms with Gasteiger partial charge in [-0.15, -0.1) is 0 Å². The number of rotatable bonds is 6. The maximum Gasteiger partial charge on any atom is 0.164 e. The number of hydrogen-bond acceptors (Lipinski definition) is 3. The van der Waals surface area contributed by atoms with Crippen molar-refractivity contribution < 1.29 is 0 Å². The predicted octanol–water partition coefficient (Wildman–Crippen LogP) is 16.2. The molecule has 0 amide bonds. The lowest BCUT2D eigenvalue weighted by molar-refractivity contribution is 1.08. The Morgan fingerprint density at radius 3 is 1.66 bits per heavy atom. The van der Waals surface area contributed by atoms with E-state index in [1.165, 1.54) is 37.8 Å². The van der Waals surface area contributed by atoms with Gasteiger partial charge in [0.05, 0.1) is 27.8 Å². The van der Waals surface area contributed by atoms with Gasteiger partial charge in [-0.05, 0) is 81.2 Å². The first-order chi connectivity index (χ1) is 33.7. The zero-order valence-electron chi connectivity index (χ0n) is 36.8. The number of fused-ring (bicyclic) bond motifs is 10. The second kappa shape index (κ2) is 15.2. The van der Waals surface area contributed by atoms with Crippen molar-refractivity contribution in [2.24, 2.45) is 0 Å². The van der Waals surface area contributed by atoms with Gasteiger partial charge in [-0.3, -0.25) is 0 Å². The predicted molar refractivity (Wildman–Crippen MR) is 283 cm³/mol. The molecule has 0 saturated heterocycles. The molecule has 14 rings (SSSR count). The third-order valence-corrected chi connectivity index (χ3v) is 13.7. The zero-order chi connectivity index (χ0) is 44.7. The average molecular weight is 866 g/mol. The van der Waals surface area contributed by atoms with E-state index in [2.05, 4.69) is 228 Å². The van der Waals surface area contributed by atoms with Gasteiger partial charge in [0.2, 0.25) is 0 Å². The molecule has 0 radical (unpaired) electrons. The minimum absolute atomic E-state index is 0.609. The van der Waals surface area contributed by atoms with Crippen LogP contribution in [0.3, 0.4) is 0 Å². The molecule has 0 unspecified atom stereocenters. The molecule has 3 aromatic heterocycles. The third kappa shape index (κ3) is 5.86. The highest BCUT2D eigenvalue weighted by Gasteiger charge is 2.24. The lowest BCUT2D eigenvalue weighted by Crippen LogP contribution is -2.03. The quantitative estimate of drug-likeness (QED) is 0.167. The summed E-state index contributed by atoms with van der Waals surface area (Å²) >= 11 is 0. The van der Waals surface area contributed by atoms with Crippen LogP contribution in [0.1, 0.15) is 0 Å². The minimum Gasteiger partial charge on any atom is -0.309 e. The van der Waals surface area contributed by atoms with Gasteiger partial charge in [0.1, 0.15) is 0 Å². The van der Waals surface area contributed by atoms with Gasteiger partial charge in [-0.25, -0.2) is 15.0 Å². The second-order valence-corrected chi connectivity index (χ2v) is 17.5. The topological polar surface area (TPSA) is 48.5 Å². The van der Waals surface area contributed by atoms with E-state index in [9.17, 15) is 0 Å². The fraction of sp³-hybridized carbons (Fsp3) is 0. The van der Waals surface area contributed by atoms with E-state index in [0.29, 0.717) is 17.5 Å². The van der Waals surface area contributed by atoms with Crippen molar-refractivity contribution >= 4 is 75.9 Å². The van der Waals surface area contributed by atoms with Crippen LogP contribution in [0.25, 0.3) is 133 Å². The van der Waals surface area contributed by atoms with Gasteiger partial charge >= 0.3 is 0 Å². The van der Waals surface area contributed by atoms with Crippen molar-refractivity contribution in [3.63, 3.8) is 0 Å². The average Bonchev–Trinajstić information content (AvgIpc) is 3.93. The van der Waals surface area contributed by atoms with Crippen LogP contribution in [-0.4, -0.2) is 24.1 Å². The smallest absolute Gasteiger partial charge is 0.164 e. The second-order valence-electron chi connectivity index (χ2n) is 17.5. The van der Waals surface area contributed by atoms with Crippen LogP contribution in [0.5, 0.6) is 0 Å². The molecular formula is C63H39N5. The Morgan fingerprint density at radius 2 is 0.868 bits per heavy atom. The SMILES string of the molecule is c1ccc(-c2nc(-c3ccc(-n4c5cc6ccccc6cc5c5ccc6ccccc6c54)c4c(-c5ccccc5)cccc34)nc(-c3cccc4c3c3ccccc3n4-c3ccccc3)n2)cc1. The summed E-state index contributed by atoms with van der Waals surface area (Å²) in [5, 5.41) is 11.7. The molecule has 0 atom stereocenters. The third-order valence-electron chi connectivity index (χ3n) is 13.7. The molecule has 11 aromatic carbocycles. The molecule has 0 saturated carbocycles. The zero-order valence-corrected chi connectivity index (χ0v) is 36.8. The molecule has 0 bridgehead atoms. The summed E-state index contributed by atoms with van der Waals surface area (Å²) < 4.78 is 4.85. The van der Waals surface area contributed by atoms with E-state index in [4.69, 9.17) is 15.0 Å². The molecule has 0 spiro atoms. The Bertz CT molecular complexity index is 4300. The van der Waals surface area contributed by atoms with Crippen molar-refractivity contribution in [2.45, 2.75) is 0 Å². The van der Waals surface area contributed by atoms with E-state index in [1.54, 1.807) is 0 Å². The summed E-state index contributed by atoms with van der Waals surface area (Å²) in [4.78, 5) is 16.2. The van der Waals surface area contributed by atoms with Crippen molar-refractivity contribution in [3.05, 3.63) is 237 Å². The van der Waals surface area contributed by atoms with Gasteiger partial charge < -0.3 is 9.13 Å². The Kier molecular flexibility index (Phi) is 8.52. The maximum absolute atomic E-state index is 5.52. The summed E-state index contributed by atoms with van der Waals surface area (Å²) in [7, 11) is 0. The number of aromatic nitrogens is 5. The lowest BCUT2D eigenvalue weighted by atomic mass is 9.93. The van der Waals surface area contributed by atoms with Gasteiger partial charge in [0, 0.05) is 54.7 Å². The van der Waals surface area contributed by atoms with Crippen LogP contribution in [0.4, 0.5) is 0 Å². The summed E-state index contributed by atoms with van der Waals surface area (Å²) in [5.41, 5.74) is 11.8. The molecule has 14 aromatic rings. The number of hydrogen-bond donors (Lipinski definition) is 0. The summed E-state index contributed by atoms with van der Waals surface area (Å²) in [6, 6.07) is 84.6. The first kappa shape index (κ1) is 38.1. The van der Waals surface area contributed by atoms with E-state index in [-0.39, 0.29) is 0 Å². The largest absolute Gasteiger partial charge is 0.309 e. The highest BCUT2D eigenvalue weighted by atomic mass is 15.0. The molecule has 5 heteroatoms. The van der Waals surface area contributed by atoms with E-state index in [0.717, 1.165) is 77.3 Å². The van der Waals surface area contributed by atoms with Crippen LogP contribution >= 0.6 is 0 Å². The fourth-order valence-electron chi connectivity index (χ4n) is 10.7. The molecule has 68 heavy (non-hydrogen) atoms. The first-order valence-corrected chi connectivity index (χ1v) is 23.1. The van der Waals surface area contributed by atoms with Crippen LogP contribution in [0.15, 0.2) is 237 Å². The monoisotopic (exact) mass is 865 g/mol. The standard InChI is InChI=1S/C63H39N5/c1-4-18-40(19-5-1)46-29-16-30-48-50(36-37-56(58(46)48)68-57-39-44-24-11-10-23-43(44)38-53(57)49-35-34-41-20-12-13-27-47(41)60(49)68)62-64-61(42-21-6-2-7-22-42)65-63(66-62)52-31-17-33-55-59(52)51-28-14-15-32-54(51)67(55)45-25-8-3-9-26-45/h1-39H. The normalized spacial score (nSPS) is 11.8. The number of benzene rings is 11. The van der Waals surface area contributed by atoms with Crippen molar-refractivity contribution in [1.82, 2.24) is 24.1 Å². The van der Waals surface area contributed by atoms with Gasteiger partial charge in [-0.2, -0.15) is 0 Å². The number of para-hydroxylation sites is 2. The molecule has 0 fully saturated rings. The van der Waals surface area contributed by atoms with Gasteiger partial charge in [0.25, 0.3) is 0 Å². The van der Waals surface area contributed by atoms with Gasteiger partial charge in [-0.1, -0.05) is 188 Å². The Labute approximate surface area is 391 Å².